The monoisotopic (exact) mass is 399 g/mol. The molecule has 1 heterocycles. The summed E-state index contributed by atoms with van der Waals surface area (Å²) >= 11 is 6.11. The van der Waals surface area contributed by atoms with Crippen molar-refractivity contribution >= 4 is 23.4 Å². The van der Waals surface area contributed by atoms with Crippen molar-refractivity contribution in [2.45, 2.75) is 25.8 Å². The van der Waals surface area contributed by atoms with Crippen LogP contribution >= 0.6 is 11.6 Å². The molecule has 1 unspecified atom stereocenters. The third kappa shape index (κ3) is 5.57. The lowest BCUT2D eigenvalue weighted by Crippen LogP contribution is -2.51. The van der Waals surface area contributed by atoms with Gasteiger partial charge in [0.15, 0.2) is 0 Å². The van der Waals surface area contributed by atoms with Gasteiger partial charge in [0, 0.05) is 31.1 Å². The lowest BCUT2D eigenvalue weighted by molar-refractivity contribution is -0.135. The summed E-state index contributed by atoms with van der Waals surface area (Å²) in [5.41, 5.74) is 3.32. The highest BCUT2D eigenvalue weighted by atomic mass is 35.5. The van der Waals surface area contributed by atoms with E-state index in [-0.39, 0.29) is 24.4 Å². The summed E-state index contributed by atoms with van der Waals surface area (Å²) in [6, 6.07) is 15.6. The van der Waals surface area contributed by atoms with Crippen molar-refractivity contribution in [1.29, 1.82) is 0 Å². The van der Waals surface area contributed by atoms with Crippen LogP contribution in [0.1, 0.15) is 29.2 Å². The Morgan fingerprint density at radius 1 is 1.21 bits per heavy atom. The van der Waals surface area contributed by atoms with Crippen LogP contribution < -0.4 is 10.6 Å². The minimum atomic E-state index is -0.108. The summed E-state index contributed by atoms with van der Waals surface area (Å²) in [6.07, 6.45) is 1.04. The lowest BCUT2D eigenvalue weighted by Gasteiger charge is -2.36. The molecule has 0 radical (unpaired) electrons. The van der Waals surface area contributed by atoms with Crippen LogP contribution in [0.25, 0.3) is 0 Å². The Morgan fingerprint density at radius 2 is 2.00 bits per heavy atom. The third-order valence-electron chi connectivity index (χ3n) is 5.00. The van der Waals surface area contributed by atoms with Crippen LogP contribution in [-0.4, -0.2) is 42.9 Å². The van der Waals surface area contributed by atoms with Crippen molar-refractivity contribution in [3.8, 4) is 0 Å². The van der Waals surface area contributed by atoms with Gasteiger partial charge in [0.05, 0.1) is 12.6 Å². The number of hydrogen-bond donors (Lipinski definition) is 2. The van der Waals surface area contributed by atoms with Crippen molar-refractivity contribution < 1.29 is 9.59 Å². The second-order valence-electron chi connectivity index (χ2n) is 7.12. The van der Waals surface area contributed by atoms with E-state index in [2.05, 4.69) is 10.6 Å². The van der Waals surface area contributed by atoms with E-state index in [9.17, 15) is 9.59 Å². The van der Waals surface area contributed by atoms with E-state index < -0.39 is 0 Å². The molecule has 0 aliphatic carbocycles. The highest BCUT2D eigenvalue weighted by Gasteiger charge is 2.27. The Morgan fingerprint density at radius 3 is 2.75 bits per heavy atom. The fourth-order valence-electron chi connectivity index (χ4n) is 3.39. The number of benzene rings is 2. The molecule has 28 heavy (non-hydrogen) atoms. The zero-order valence-corrected chi connectivity index (χ0v) is 16.8. The second kappa shape index (κ2) is 9.71. The average molecular weight is 400 g/mol. The number of carbonyl (C=O) groups is 2. The summed E-state index contributed by atoms with van der Waals surface area (Å²) < 4.78 is 0. The third-order valence-corrected chi connectivity index (χ3v) is 5.23. The molecule has 1 atom stereocenters. The first-order chi connectivity index (χ1) is 13.5. The van der Waals surface area contributed by atoms with Crippen LogP contribution in [0.5, 0.6) is 0 Å². The average Bonchev–Trinajstić information content (AvgIpc) is 2.71. The predicted molar refractivity (Wildman–Crippen MR) is 111 cm³/mol. The minimum absolute atomic E-state index is 0.0177. The van der Waals surface area contributed by atoms with Gasteiger partial charge >= 0.3 is 0 Å². The molecule has 0 spiro atoms. The standard InChI is InChI=1S/C22H26ClN3O2/c1-16-5-7-17(8-6-16)9-10-21(27)25-15-22(28)26-12-11-24-14-20(26)18-3-2-4-19(23)13-18/h2-8,13,20,24H,9-12,14-15H2,1H3,(H,25,27). The molecule has 1 aliphatic rings. The molecule has 1 saturated heterocycles. The normalized spacial score (nSPS) is 16.6. The molecule has 1 aliphatic heterocycles. The van der Waals surface area contributed by atoms with Gasteiger partial charge in [-0.25, -0.2) is 0 Å². The number of nitrogens with zero attached hydrogens (tertiary/aromatic N) is 1. The molecule has 0 bridgehead atoms. The number of piperazine rings is 1. The molecule has 2 aromatic rings. The summed E-state index contributed by atoms with van der Waals surface area (Å²) in [5.74, 6) is -0.182. The Kier molecular flexibility index (Phi) is 7.06. The first-order valence-corrected chi connectivity index (χ1v) is 9.98. The van der Waals surface area contributed by atoms with Crippen LogP contribution in [0.2, 0.25) is 5.02 Å². The van der Waals surface area contributed by atoms with Crippen molar-refractivity contribution in [3.63, 3.8) is 0 Å². The van der Waals surface area contributed by atoms with E-state index in [1.54, 1.807) is 0 Å². The number of nitrogens with one attached hydrogen (secondary N) is 2. The maximum Gasteiger partial charge on any atom is 0.242 e. The number of aryl methyl sites for hydroxylation is 2. The molecule has 2 aromatic carbocycles. The number of amides is 2. The molecule has 6 heteroatoms. The number of hydrogen-bond acceptors (Lipinski definition) is 3. The van der Waals surface area contributed by atoms with E-state index in [1.165, 1.54) is 5.56 Å². The molecule has 0 saturated carbocycles. The molecule has 3 rings (SSSR count). The van der Waals surface area contributed by atoms with Gasteiger partial charge in [0.2, 0.25) is 11.8 Å². The van der Waals surface area contributed by atoms with E-state index in [0.29, 0.717) is 31.0 Å². The number of halogens is 1. The maximum absolute atomic E-state index is 12.7. The molecule has 1 fully saturated rings. The Hall–Kier alpha value is -2.37. The topological polar surface area (TPSA) is 61.4 Å². The summed E-state index contributed by atoms with van der Waals surface area (Å²) in [5, 5.41) is 6.74. The minimum Gasteiger partial charge on any atom is -0.347 e. The fraction of sp³-hybridized carbons (Fsp3) is 0.364. The molecular weight excluding hydrogens is 374 g/mol. The summed E-state index contributed by atoms with van der Waals surface area (Å²) in [4.78, 5) is 26.7. The summed E-state index contributed by atoms with van der Waals surface area (Å²) in [7, 11) is 0. The van der Waals surface area contributed by atoms with E-state index in [4.69, 9.17) is 11.6 Å². The zero-order valence-electron chi connectivity index (χ0n) is 16.1. The Balaban J connectivity index is 1.52. The van der Waals surface area contributed by atoms with Crippen LogP contribution in [0, 0.1) is 6.92 Å². The van der Waals surface area contributed by atoms with E-state index >= 15 is 0 Å². The molecule has 5 nitrogen and oxygen atoms in total. The van der Waals surface area contributed by atoms with Gasteiger partial charge < -0.3 is 15.5 Å². The number of rotatable bonds is 6. The maximum atomic E-state index is 12.7. The van der Waals surface area contributed by atoms with Gasteiger partial charge in [-0.15, -0.1) is 0 Å². The van der Waals surface area contributed by atoms with Crippen molar-refractivity contribution in [2.24, 2.45) is 0 Å². The smallest absolute Gasteiger partial charge is 0.242 e. The zero-order chi connectivity index (χ0) is 19.9. The predicted octanol–water partition coefficient (Wildman–Crippen LogP) is 2.87. The first kappa shape index (κ1) is 20.4. The molecule has 2 amide bonds. The van der Waals surface area contributed by atoms with Crippen molar-refractivity contribution in [3.05, 3.63) is 70.2 Å². The Bertz CT molecular complexity index is 823. The molecular formula is C22H26ClN3O2. The molecule has 0 aromatic heterocycles. The van der Waals surface area contributed by atoms with Gasteiger partial charge in [0.25, 0.3) is 0 Å². The van der Waals surface area contributed by atoms with Gasteiger partial charge in [-0.1, -0.05) is 53.6 Å². The van der Waals surface area contributed by atoms with Gasteiger partial charge in [-0.3, -0.25) is 9.59 Å². The summed E-state index contributed by atoms with van der Waals surface area (Å²) in [6.45, 7) is 4.07. The quantitative estimate of drug-likeness (QED) is 0.785. The van der Waals surface area contributed by atoms with Gasteiger partial charge in [-0.2, -0.15) is 0 Å². The SMILES string of the molecule is Cc1ccc(CCC(=O)NCC(=O)N2CCNCC2c2cccc(Cl)c2)cc1. The van der Waals surface area contributed by atoms with Gasteiger partial charge in [0.1, 0.15) is 0 Å². The fourth-order valence-corrected chi connectivity index (χ4v) is 3.59. The Labute approximate surface area is 171 Å². The van der Waals surface area contributed by atoms with E-state index in [0.717, 1.165) is 17.7 Å². The van der Waals surface area contributed by atoms with Crippen LogP contribution in [-0.2, 0) is 16.0 Å². The lowest BCUT2D eigenvalue weighted by atomic mass is 10.0. The highest BCUT2D eigenvalue weighted by Crippen LogP contribution is 2.24. The van der Waals surface area contributed by atoms with Crippen molar-refractivity contribution in [1.82, 2.24) is 15.5 Å². The second-order valence-corrected chi connectivity index (χ2v) is 7.56. The molecule has 2 N–H and O–H groups in total. The van der Waals surface area contributed by atoms with Crippen LogP contribution in [0.15, 0.2) is 48.5 Å². The van der Waals surface area contributed by atoms with Crippen LogP contribution in [0.3, 0.4) is 0 Å². The molecule has 148 valence electrons. The van der Waals surface area contributed by atoms with E-state index in [1.807, 2.05) is 60.4 Å². The largest absolute Gasteiger partial charge is 0.347 e. The van der Waals surface area contributed by atoms with Crippen LogP contribution in [0.4, 0.5) is 0 Å². The first-order valence-electron chi connectivity index (χ1n) is 9.61. The van der Waals surface area contributed by atoms with Gasteiger partial charge in [-0.05, 0) is 36.6 Å². The van der Waals surface area contributed by atoms with Crippen molar-refractivity contribution in [2.75, 3.05) is 26.2 Å². The number of carbonyl (C=O) groups excluding carboxylic acids is 2. The highest BCUT2D eigenvalue weighted by molar-refractivity contribution is 6.30.